The molecule has 1 aliphatic heterocycles. The number of carboxylic acids is 1. The SMILES string of the molecule is Cc1cc(C2=CC=C(C(=O)O)S2(=O)=O)ccn1. The van der Waals surface area contributed by atoms with Gasteiger partial charge in [0.25, 0.3) is 0 Å². The molecular formula is C11H9NO4S. The average Bonchev–Trinajstić information content (AvgIpc) is 2.53. The first-order chi connectivity index (χ1) is 7.93. The first-order valence-electron chi connectivity index (χ1n) is 4.76. The largest absolute Gasteiger partial charge is 0.477 e. The van der Waals surface area contributed by atoms with Gasteiger partial charge < -0.3 is 5.11 Å². The van der Waals surface area contributed by atoms with Crippen LogP contribution in [-0.4, -0.2) is 24.5 Å². The molecule has 0 bridgehead atoms. The number of nitrogens with zero attached hydrogens (tertiary/aromatic N) is 1. The maximum Gasteiger partial charge on any atom is 0.347 e. The smallest absolute Gasteiger partial charge is 0.347 e. The number of rotatable bonds is 2. The molecule has 1 aromatic heterocycles. The molecule has 2 rings (SSSR count). The van der Waals surface area contributed by atoms with E-state index in [0.717, 1.165) is 6.08 Å². The second-order valence-electron chi connectivity index (χ2n) is 3.56. The molecular weight excluding hydrogens is 242 g/mol. The Labute approximate surface area is 98.0 Å². The number of allylic oxidation sites excluding steroid dienone is 2. The summed E-state index contributed by atoms with van der Waals surface area (Å²) >= 11 is 0. The summed E-state index contributed by atoms with van der Waals surface area (Å²) in [4.78, 5) is 14.1. The van der Waals surface area contributed by atoms with Crippen molar-refractivity contribution < 1.29 is 18.3 Å². The molecule has 0 amide bonds. The van der Waals surface area contributed by atoms with Crippen LogP contribution in [0, 0.1) is 6.92 Å². The van der Waals surface area contributed by atoms with Crippen molar-refractivity contribution in [2.24, 2.45) is 0 Å². The van der Waals surface area contributed by atoms with E-state index in [1.165, 1.54) is 18.3 Å². The van der Waals surface area contributed by atoms with Crippen molar-refractivity contribution in [2.75, 3.05) is 0 Å². The van der Waals surface area contributed by atoms with Gasteiger partial charge in [-0.15, -0.1) is 0 Å². The van der Waals surface area contributed by atoms with Crippen LogP contribution in [0.25, 0.3) is 4.91 Å². The van der Waals surface area contributed by atoms with Gasteiger partial charge in [0.15, 0.2) is 4.91 Å². The Balaban J connectivity index is 2.50. The second-order valence-corrected chi connectivity index (χ2v) is 5.44. The lowest BCUT2D eigenvalue weighted by atomic mass is 10.2. The van der Waals surface area contributed by atoms with Crippen molar-refractivity contribution in [3.05, 3.63) is 46.6 Å². The van der Waals surface area contributed by atoms with Crippen molar-refractivity contribution in [3.63, 3.8) is 0 Å². The number of carboxylic acid groups (broad SMARTS) is 1. The molecule has 0 radical (unpaired) electrons. The van der Waals surface area contributed by atoms with Gasteiger partial charge in [0, 0.05) is 11.9 Å². The minimum Gasteiger partial charge on any atom is -0.477 e. The van der Waals surface area contributed by atoms with Crippen LogP contribution in [-0.2, 0) is 14.6 Å². The first-order valence-corrected chi connectivity index (χ1v) is 6.24. The fourth-order valence-corrected chi connectivity index (χ4v) is 2.98. The molecule has 6 heteroatoms. The Kier molecular flexibility index (Phi) is 2.59. The van der Waals surface area contributed by atoms with E-state index in [9.17, 15) is 13.2 Å². The van der Waals surface area contributed by atoms with Gasteiger partial charge in [-0.25, -0.2) is 13.2 Å². The van der Waals surface area contributed by atoms with Gasteiger partial charge in [-0.05, 0) is 36.8 Å². The van der Waals surface area contributed by atoms with Crippen LogP contribution in [0.4, 0.5) is 0 Å². The van der Waals surface area contributed by atoms with Crippen LogP contribution in [0.15, 0.2) is 35.4 Å². The standard InChI is InChI=1S/C11H9NO4S/c1-7-6-8(4-5-12-7)9-2-3-10(11(13)14)17(9,15)16/h2-6H,1H3,(H,13,14). The number of hydrogen-bond acceptors (Lipinski definition) is 4. The molecule has 1 aliphatic rings. The van der Waals surface area contributed by atoms with Gasteiger partial charge in [-0.3, -0.25) is 4.98 Å². The monoisotopic (exact) mass is 251 g/mol. The van der Waals surface area contributed by atoms with E-state index in [1.807, 2.05) is 0 Å². The fourth-order valence-electron chi connectivity index (χ4n) is 1.59. The molecule has 1 N–H and O–H groups in total. The fraction of sp³-hybridized carbons (Fsp3) is 0.0909. The Bertz CT molecular complexity index is 656. The number of aliphatic carboxylic acids is 1. The van der Waals surface area contributed by atoms with Crippen LogP contribution in [0.3, 0.4) is 0 Å². The summed E-state index contributed by atoms with van der Waals surface area (Å²) < 4.78 is 23.8. The van der Waals surface area contributed by atoms with Crippen molar-refractivity contribution in [1.29, 1.82) is 0 Å². The normalized spacial score (nSPS) is 17.5. The van der Waals surface area contributed by atoms with Crippen LogP contribution in [0.2, 0.25) is 0 Å². The molecule has 0 atom stereocenters. The molecule has 0 saturated heterocycles. The summed E-state index contributed by atoms with van der Waals surface area (Å²) in [5, 5.41) is 8.78. The van der Waals surface area contributed by atoms with Crippen LogP contribution >= 0.6 is 0 Å². The second kappa shape index (κ2) is 3.81. The number of aryl methyl sites for hydroxylation is 1. The van der Waals surface area contributed by atoms with E-state index in [1.54, 1.807) is 13.0 Å². The van der Waals surface area contributed by atoms with Gasteiger partial charge in [0.1, 0.15) is 0 Å². The summed E-state index contributed by atoms with van der Waals surface area (Å²) in [7, 11) is -3.90. The number of hydrogen-bond donors (Lipinski definition) is 1. The zero-order valence-electron chi connectivity index (χ0n) is 8.91. The third-order valence-electron chi connectivity index (χ3n) is 2.36. The lowest BCUT2D eigenvalue weighted by Gasteiger charge is -2.05. The average molecular weight is 251 g/mol. The highest BCUT2D eigenvalue weighted by Gasteiger charge is 2.33. The zero-order chi connectivity index (χ0) is 12.6. The summed E-state index contributed by atoms with van der Waals surface area (Å²) in [6.07, 6.45) is 3.89. The van der Waals surface area contributed by atoms with Crippen molar-refractivity contribution in [3.8, 4) is 0 Å². The van der Waals surface area contributed by atoms with Crippen molar-refractivity contribution in [1.82, 2.24) is 4.98 Å². The topological polar surface area (TPSA) is 84.3 Å². The first kappa shape index (κ1) is 11.5. The highest BCUT2D eigenvalue weighted by Crippen LogP contribution is 2.32. The number of sulfone groups is 1. The third kappa shape index (κ3) is 1.87. The van der Waals surface area contributed by atoms with E-state index in [-0.39, 0.29) is 4.91 Å². The minimum absolute atomic E-state index is 0.000370. The molecule has 0 aromatic carbocycles. The molecule has 5 nitrogen and oxygen atoms in total. The van der Waals surface area contributed by atoms with E-state index < -0.39 is 20.7 Å². The van der Waals surface area contributed by atoms with Crippen molar-refractivity contribution in [2.45, 2.75) is 6.92 Å². The Morgan fingerprint density at radius 2 is 2.06 bits per heavy atom. The molecule has 0 saturated carbocycles. The summed E-state index contributed by atoms with van der Waals surface area (Å²) in [5.74, 6) is -1.44. The van der Waals surface area contributed by atoms with E-state index in [4.69, 9.17) is 5.11 Å². The Morgan fingerprint density at radius 1 is 1.35 bits per heavy atom. The zero-order valence-corrected chi connectivity index (χ0v) is 9.73. The number of aromatic nitrogens is 1. The molecule has 0 spiro atoms. The highest BCUT2D eigenvalue weighted by atomic mass is 32.2. The predicted molar refractivity (Wildman–Crippen MR) is 61.6 cm³/mol. The maximum atomic E-state index is 11.9. The van der Waals surface area contributed by atoms with Gasteiger partial charge in [0.05, 0.1) is 4.91 Å². The van der Waals surface area contributed by atoms with Gasteiger partial charge in [0.2, 0.25) is 9.84 Å². The molecule has 1 aromatic rings. The van der Waals surface area contributed by atoms with E-state index in [0.29, 0.717) is 11.3 Å². The summed E-state index contributed by atoms with van der Waals surface area (Å²) in [6, 6.07) is 3.14. The van der Waals surface area contributed by atoms with Gasteiger partial charge in [-0.2, -0.15) is 0 Å². The highest BCUT2D eigenvalue weighted by molar-refractivity contribution is 8.05. The maximum absolute atomic E-state index is 11.9. The summed E-state index contributed by atoms with van der Waals surface area (Å²) in [6.45, 7) is 1.73. The van der Waals surface area contributed by atoms with E-state index >= 15 is 0 Å². The lowest BCUT2D eigenvalue weighted by Crippen LogP contribution is -2.11. The summed E-state index contributed by atoms with van der Waals surface area (Å²) in [5.41, 5.74) is 1.12. The van der Waals surface area contributed by atoms with Crippen LogP contribution in [0.5, 0.6) is 0 Å². The molecule has 17 heavy (non-hydrogen) atoms. The van der Waals surface area contributed by atoms with Crippen LogP contribution < -0.4 is 0 Å². The molecule has 2 heterocycles. The van der Waals surface area contributed by atoms with E-state index in [2.05, 4.69) is 4.98 Å². The molecule has 88 valence electrons. The number of pyridine rings is 1. The van der Waals surface area contributed by atoms with Crippen molar-refractivity contribution >= 4 is 20.7 Å². The lowest BCUT2D eigenvalue weighted by molar-refractivity contribution is -0.131. The quantitative estimate of drug-likeness (QED) is 0.851. The van der Waals surface area contributed by atoms with Crippen LogP contribution in [0.1, 0.15) is 11.3 Å². The molecule has 0 unspecified atom stereocenters. The van der Waals surface area contributed by atoms with Gasteiger partial charge in [-0.1, -0.05) is 0 Å². The third-order valence-corrected chi connectivity index (χ3v) is 4.20. The Hall–Kier alpha value is -1.95. The Morgan fingerprint density at radius 3 is 2.59 bits per heavy atom. The van der Waals surface area contributed by atoms with Gasteiger partial charge >= 0.3 is 5.97 Å². The molecule has 0 fully saturated rings. The predicted octanol–water partition coefficient (Wildman–Crippen LogP) is 1.13. The number of carbonyl (C=O) groups is 1. The molecule has 0 aliphatic carbocycles. The minimum atomic E-state index is -3.90.